The molecule has 0 aliphatic heterocycles. The van der Waals surface area contributed by atoms with Crippen LogP contribution in [0.15, 0.2) is 11.1 Å². The highest BCUT2D eigenvalue weighted by molar-refractivity contribution is 7.99. The van der Waals surface area contributed by atoms with Crippen LogP contribution in [0.4, 0.5) is 10.5 Å². The highest BCUT2D eigenvalue weighted by Crippen LogP contribution is 2.40. The molecule has 0 aliphatic rings. The quantitative estimate of drug-likeness (QED) is 0.388. The molecule has 1 aromatic rings. The van der Waals surface area contributed by atoms with Crippen molar-refractivity contribution in [1.29, 1.82) is 0 Å². The predicted octanol–water partition coefficient (Wildman–Crippen LogP) is 4.36. The Morgan fingerprint density at radius 2 is 1.89 bits per heavy atom. The van der Waals surface area contributed by atoms with Crippen molar-refractivity contribution >= 4 is 35.6 Å². The molecule has 1 amide bonds. The summed E-state index contributed by atoms with van der Waals surface area (Å²) in [6.45, 7) is 10.6. The van der Waals surface area contributed by atoms with Gasteiger partial charge in [-0.15, -0.1) is 0 Å². The van der Waals surface area contributed by atoms with E-state index in [2.05, 4.69) is 4.99 Å². The third-order valence-corrected chi connectivity index (χ3v) is 5.01. The smallest absolute Gasteiger partial charge is 0.425 e. The van der Waals surface area contributed by atoms with Gasteiger partial charge >= 0.3 is 6.09 Å². The maximum atomic E-state index is 12.5. The summed E-state index contributed by atoms with van der Waals surface area (Å²) in [5, 5.41) is 0. The van der Waals surface area contributed by atoms with E-state index < -0.39 is 10.8 Å². The second kappa shape index (κ2) is 9.06. The lowest BCUT2D eigenvalue weighted by Crippen LogP contribution is -2.37. The molecule has 0 aliphatic carbocycles. The molecule has 8 heteroatoms. The van der Waals surface area contributed by atoms with Crippen LogP contribution in [0.5, 0.6) is 11.5 Å². The van der Waals surface area contributed by atoms with Crippen LogP contribution in [0.25, 0.3) is 0 Å². The summed E-state index contributed by atoms with van der Waals surface area (Å²) >= 11 is 1.08. The Bertz CT molecular complexity index is 783. The number of methoxy groups -OCH3 is 1. The first-order valence-electron chi connectivity index (χ1n) is 8.41. The molecule has 0 saturated carbocycles. The van der Waals surface area contributed by atoms with Crippen LogP contribution in [0.3, 0.4) is 0 Å². The summed E-state index contributed by atoms with van der Waals surface area (Å²) < 4.78 is 11.2. The normalized spacial score (nSPS) is 11.0. The number of carbonyl (C=O) groups is 2. The molecule has 0 saturated heterocycles. The monoisotopic (exact) mass is 394 g/mol. The fourth-order valence-electron chi connectivity index (χ4n) is 2.77. The van der Waals surface area contributed by atoms with Crippen molar-refractivity contribution in [3.05, 3.63) is 17.2 Å². The number of aliphatic imine (C=N–C) groups is 1. The lowest BCUT2D eigenvalue weighted by Gasteiger charge is -2.28. The molecule has 0 N–H and O–H groups in total. The number of nitrogens with zero attached hydrogens (tertiary/aromatic N) is 2. The van der Waals surface area contributed by atoms with Crippen molar-refractivity contribution in [3.8, 4) is 11.5 Å². The Kier molecular flexibility index (Phi) is 7.63. The fraction of sp³-hybridized carbons (Fsp3) is 0.526. The van der Waals surface area contributed by atoms with Gasteiger partial charge in [0.25, 0.3) is 0 Å². The third-order valence-electron chi connectivity index (χ3n) is 3.93. The van der Waals surface area contributed by atoms with Gasteiger partial charge in [-0.05, 0) is 51.3 Å². The summed E-state index contributed by atoms with van der Waals surface area (Å²) in [6.07, 6.45) is 0.784. The highest BCUT2D eigenvalue weighted by atomic mass is 32.2. The van der Waals surface area contributed by atoms with Crippen molar-refractivity contribution in [2.45, 2.75) is 46.3 Å². The molecule has 0 spiro atoms. The molecular weight excluding hydrogens is 368 g/mol. The second-order valence-electron chi connectivity index (χ2n) is 6.89. The molecule has 0 bridgehead atoms. The molecule has 0 heterocycles. The van der Waals surface area contributed by atoms with E-state index in [0.29, 0.717) is 11.3 Å². The number of carbonyl (C=O) groups excluding carboxylic acids is 3. The summed E-state index contributed by atoms with van der Waals surface area (Å²) in [7, 11) is 3.03. The maximum absolute atomic E-state index is 12.5. The number of benzene rings is 1. The van der Waals surface area contributed by atoms with Gasteiger partial charge in [0.05, 0.1) is 11.9 Å². The fourth-order valence-corrected chi connectivity index (χ4v) is 3.90. The first kappa shape index (κ1) is 22.7. The Labute approximate surface area is 164 Å². The molecule has 27 heavy (non-hydrogen) atoms. The first-order valence-corrected chi connectivity index (χ1v) is 9.18. The Balaban J connectivity index is 3.12. The average Bonchev–Trinajstić information content (AvgIpc) is 2.57. The zero-order valence-electron chi connectivity index (χ0n) is 17.0. The molecule has 0 atom stereocenters. The van der Waals surface area contributed by atoms with Gasteiger partial charge in [0.15, 0.2) is 11.5 Å². The van der Waals surface area contributed by atoms with Crippen LogP contribution in [0.1, 0.15) is 38.8 Å². The minimum Gasteiger partial charge on any atom is -0.496 e. The van der Waals surface area contributed by atoms with Gasteiger partial charge in [-0.1, -0.05) is 13.8 Å². The number of ketones is 1. The highest BCUT2D eigenvalue weighted by Gasteiger charge is 2.34. The van der Waals surface area contributed by atoms with Gasteiger partial charge in [0.2, 0.25) is 6.08 Å². The van der Waals surface area contributed by atoms with E-state index in [-0.39, 0.29) is 23.1 Å². The molecule has 7 nitrogen and oxygen atoms in total. The van der Waals surface area contributed by atoms with Crippen LogP contribution >= 0.6 is 11.9 Å². The van der Waals surface area contributed by atoms with Gasteiger partial charge in [-0.3, -0.25) is 9.10 Å². The van der Waals surface area contributed by atoms with E-state index in [1.807, 2.05) is 13.8 Å². The SMILES string of the molecule is COc1c(C)cc(OC(=O)N(C)SC(C)(C)C(=O)C(C)C)c(N=C=O)c1C. The van der Waals surface area contributed by atoms with Crippen LogP contribution in [-0.2, 0) is 9.59 Å². The van der Waals surface area contributed by atoms with E-state index in [4.69, 9.17) is 9.47 Å². The van der Waals surface area contributed by atoms with E-state index in [1.54, 1.807) is 33.8 Å². The summed E-state index contributed by atoms with van der Waals surface area (Å²) in [4.78, 5) is 39.3. The van der Waals surface area contributed by atoms with Crippen LogP contribution in [-0.4, -0.2) is 41.2 Å². The molecule has 0 fully saturated rings. The van der Waals surface area contributed by atoms with Gasteiger partial charge in [-0.25, -0.2) is 9.59 Å². The summed E-state index contributed by atoms with van der Waals surface area (Å²) in [6, 6.07) is 1.57. The molecule has 0 radical (unpaired) electrons. The van der Waals surface area contributed by atoms with Crippen molar-refractivity contribution in [1.82, 2.24) is 4.31 Å². The minimum absolute atomic E-state index is 0.0227. The number of isocyanates is 1. The Morgan fingerprint density at radius 1 is 1.30 bits per heavy atom. The Morgan fingerprint density at radius 3 is 2.37 bits per heavy atom. The zero-order valence-corrected chi connectivity index (χ0v) is 17.8. The van der Waals surface area contributed by atoms with E-state index in [0.717, 1.165) is 17.5 Å². The number of amides is 1. The van der Waals surface area contributed by atoms with Crippen molar-refractivity contribution < 1.29 is 23.9 Å². The topological polar surface area (TPSA) is 85.3 Å². The molecule has 148 valence electrons. The predicted molar refractivity (Wildman–Crippen MR) is 106 cm³/mol. The minimum atomic E-state index is -0.794. The number of hydrogen-bond donors (Lipinski definition) is 0. The van der Waals surface area contributed by atoms with E-state index in [1.165, 1.54) is 24.5 Å². The molecule has 1 aromatic carbocycles. The number of hydrogen-bond acceptors (Lipinski definition) is 7. The van der Waals surface area contributed by atoms with E-state index in [9.17, 15) is 14.4 Å². The van der Waals surface area contributed by atoms with Gasteiger partial charge in [0.1, 0.15) is 11.4 Å². The largest absolute Gasteiger partial charge is 0.496 e. The number of ether oxygens (including phenoxy) is 2. The van der Waals surface area contributed by atoms with Crippen LogP contribution in [0, 0.1) is 19.8 Å². The van der Waals surface area contributed by atoms with Crippen molar-refractivity contribution in [2.75, 3.05) is 14.2 Å². The van der Waals surface area contributed by atoms with Crippen LogP contribution < -0.4 is 9.47 Å². The molecule has 1 rings (SSSR count). The molecule has 0 aromatic heterocycles. The number of aryl methyl sites for hydroxylation is 1. The number of Topliss-reactive ketones (excluding diaryl/α,β-unsaturated/α-hetero) is 1. The maximum Gasteiger partial charge on any atom is 0.425 e. The third kappa shape index (κ3) is 5.34. The number of rotatable bonds is 7. The first-order chi connectivity index (χ1) is 12.5. The van der Waals surface area contributed by atoms with Crippen LogP contribution in [0.2, 0.25) is 0 Å². The Hall–Kier alpha value is -2.31. The molecule has 0 unspecified atom stereocenters. The van der Waals surface area contributed by atoms with Gasteiger partial charge in [0, 0.05) is 18.5 Å². The van der Waals surface area contributed by atoms with Gasteiger partial charge < -0.3 is 9.47 Å². The van der Waals surface area contributed by atoms with Crippen molar-refractivity contribution in [3.63, 3.8) is 0 Å². The standard InChI is InChI=1S/C19H26N2O5S/c1-11(2)17(23)19(5,6)27-21(7)18(24)26-14-9-12(3)16(25-8)13(4)15(14)20-10-22/h9,11H,1-8H3. The summed E-state index contributed by atoms with van der Waals surface area (Å²) in [5.74, 6) is 0.543. The van der Waals surface area contributed by atoms with E-state index >= 15 is 0 Å². The summed E-state index contributed by atoms with van der Waals surface area (Å²) in [5.41, 5.74) is 1.47. The lowest BCUT2D eigenvalue weighted by atomic mass is 9.98. The van der Waals surface area contributed by atoms with Gasteiger partial charge in [-0.2, -0.15) is 4.99 Å². The zero-order chi connectivity index (χ0) is 20.9. The molecular formula is C19H26N2O5S. The van der Waals surface area contributed by atoms with Crippen molar-refractivity contribution in [2.24, 2.45) is 10.9 Å². The lowest BCUT2D eigenvalue weighted by molar-refractivity contribution is -0.123. The average molecular weight is 394 g/mol. The second-order valence-corrected chi connectivity index (χ2v) is 8.64.